The summed E-state index contributed by atoms with van der Waals surface area (Å²) in [6.45, 7) is 0. The lowest BCUT2D eigenvalue weighted by molar-refractivity contribution is -0.156. The SMILES string of the molecule is O=C(O)[C@@H](O)[C@@H](O)C(=O)Nc1ccccc1Cl. The Morgan fingerprint density at radius 3 is 2.29 bits per heavy atom. The van der Waals surface area contributed by atoms with E-state index >= 15 is 0 Å². The van der Waals surface area contributed by atoms with Crippen molar-refractivity contribution in [2.45, 2.75) is 12.2 Å². The molecular formula is C10H10ClNO5. The van der Waals surface area contributed by atoms with Crippen molar-refractivity contribution >= 4 is 29.2 Å². The Morgan fingerprint density at radius 1 is 1.18 bits per heavy atom. The van der Waals surface area contributed by atoms with Crippen LogP contribution >= 0.6 is 11.6 Å². The summed E-state index contributed by atoms with van der Waals surface area (Å²) in [7, 11) is 0. The van der Waals surface area contributed by atoms with Crippen LogP contribution in [0.5, 0.6) is 0 Å². The quantitative estimate of drug-likeness (QED) is 0.613. The highest BCUT2D eigenvalue weighted by Crippen LogP contribution is 2.20. The zero-order valence-electron chi connectivity index (χ0n) is 8.50. The fourth-order valence-electron chi connectivity index (χ4n) is 1.05. The number of hydrogen-bond acceptors (Lipinski definition) is 4. The fraction of sp³-hybridized carbons (Fsp3) is 0.200. The van der Waals surface area contributed by atoms with Crippen molar-refractivity contribution in [1.29, 1.82) is 0 Å². The molecule has 6 nitrogen and oxygen atoms in total. The number of amides is 1. The van der Waals surface area contributed by atoms with E-state index in [2.05, 4.69) is 5.32 Å². The average molecular weight is 260 g/mol. The van der Waals surface area contributed by atoms with Crippen LogP contribution in [0.1, 0.15) is 0 Å². The molecule has 92 valence electrons. The van der Waals surface area contributed by atoms with Gasteiger partial charge in [0.15, 0.2) is 12.2 Å². The molecule has 4 N–H and O–H groups in total. The Bertz CT molecular complexity index is 436. The van der Waals surface area contributed by atoms with E-state index in [0.717, 1.165) is 0 Å². The first-order valence-electron chi connectivity index (χ1n) is 4.58. The Kier molecular flexibility index (Phi) is 4.45. The monoisotopic (exact) mass is 259 g/mol. The molecule has 0 heterocycles. The number of para-hydroxylation sites is 1. The van der Waals surface area contributed by atoms with Gasteiger partial charge in [-0.2, -0.15) is 0 Å². The molecule has 0 aliphatic heterocycles. The number of nitrogens with one attached hydrogen (secondary N) is 1. The van der Waals surface area contributed by atoms with Gasteiger partial charge in [-0.3, -0.25) is 4.79 Å². The predicted octanol–water partition coefficient (Wildman–Crippen LogP) is 0.0849. The van der Waals surface area contributed by atoms with Gasteiger partial charge < -0.3 is 20.6 Å². The van der Waals surface area contributed by atoms with Gasteiger partial charge in [0.1, 0.15) is 0 Å². The molecule has 7 heteroatoms. The maximum absolute atomic E-state index is 11.4. The summed E-state index contributed by atoms with van der Waals surface area (Å²) >= 11 is 5.74. The third kappa shape index (κ3) is 3.42. The maximum atomic E-state index is 11.4. The van der Waals surface area contributed by atoms with Crippen LogP contribution in [-0.2, 0) is 9.59 Å². The zero-order chi connectivity index (χ0) is 13.0. The number of halogens is 1. The smallest absolute Gasteiger partial charge is 0.335 e. The molecule has 0 aliphatic rings. The zero-order valence-corrected chi connectivity index (χ0v) is 9.26. The minimum atomic E-state index is -2.18. The molecule has 0 aromatic heterocycles. The lowest BCUT2D eigenvalue weighted by atomic mass is 10.2. The molecule has 0 aliphatic carbocycles. The van der Waals surface area contributed by atoms with Gasteiger partial charge in [-0.25, -0.2) is 4.79 Å². The highest BCUT2D eigenvalue weighted by Gasteiger charge is 2.30. The number of carboxylic acids is 1. The number of rotatable bonds is 4. The molecule has 0 unspecified atom stereocenters. The highest BCUT2D eigenvalue weighted by atomic mass is 35.5. The Balaban J connectivity index is 2.73. The summed E-state index contributed by atoms with van der Waals surface area (Å²) in [6, 6.07) is 6.22. The summed E-state index contributed by atoms with van der Waals surface area (Å²) in [6.07, 6.45) is -4.25. The molecule has 0 spiro atoms. The minimum absolute atomic E-state index is 0.218. The summed E-state index contributed by atoms with van der Waals surface area (Å²) in [5.74, 6) is -2.74. The third-order valence-corrected chi connectivity index (χ3v) is 2.28. The Morgan fingerprint density at radius 2 is 1.76 bits per heavy atom. The van der Waals surface area contributed by atoms with Crippen molar-refractivity contribution < 1.29 is 24.9 Å². The molecule has 1 amide bonds. The van der Waals surface area contributed by atoms with Gasteiger partial charge in [0.05, 0.1) is 10.7 Å². The van der Waals surface area contributed by atoms with Crippen molar-refractivity contribution in [1.82, 2.24) is 0 Å². The third-order valence-electron chi connectivity index (χ3n) is 1.95. The van der Waals surface area contributed by atoms with E-state index in [-0.39, 0.29) is 10.7 Å². The lowest BCUT2D eigenvalue weighted by Crippen LogP contribution is -2.42. The van der Waals surface area contributed by atoms with Gasteiger partial charge in [-0.05, 0) is 12.1 Å². The van der Waals surface area contributed by atoms with Gasteiger partial charge in [-0.15, -0.1) is 0 Å². The first-order chi connectivity index (χ1) is 7.93. The first-order valence-corrected chi connectivity index (χ1v) is 4.95. The van der Waals surface area contributed by atoms with Crippen molar-refractivity contribution in [3.8, 4) is 0 Å². The lowest BCUT2D eigenvalue weighted by Gasteiger charge is -2.14. The number of carbonyl (C=O) groups excluding carboxylic acids is 1. The van der Waals surface area contributed by atoms with Gasteiger partial charge in [0.25, 0.3) is 5.91 Å². The minimum Gasteiger partial charge on any atom is -0.479 e. The van der Waals surface area contributed by atoms with Gasteiger partial charge in [0.2, 0.25) is 0 Å². The van der Waals surface area contributed by atoms with E-state index < -0.39 is 24.1 Å². The second-order valence-corrected chi connectivity index (χ2v) is 3.60. The molecule has 17 heavy (non-hydrogen) atoms. The number of aliphatic hydroxyl groups is 2. The molecule has 1 rings (SSSR count). The molecule has 0 fully saturated rings. The molecule has 1 aromatic carbocycles. The maximum Gasteiger partial charge on any atom is 0.335 e. The van der Waals surface area contributed by atoms with Gasteiger partial charge in [0, 0.05) is 0 Å². The summed E-state index contributed by atoms with van der Waals surface area (Å²) in [5, 5.41) is 29.0. The number of benzene rings is 1. The van der Waals surface area contributed by atoms with Gasteiger partial charge >= 0.3 is 5.97 Å². The number of anilines is 1. The van der Waals surface area contributed by atoms with E-state index in [4.69, 9.17) is 21.8 Å². The number of carbonyl (C=O) groups is 2. The van der Waals surface area contributed by atoms with E-state index in [1.54, 1.807) is 12.1 Å². The summed E-state index contributed by atoms with van der Waals surface area (Å²) < 4.78 is 0. The van der Waals surface area contributed by atoms with Crippen LogP contribution in [0.25, 0.3) is 0 Å². The largest absolute Gasteiger partial charge is 0.479 e. The number of aliphatic hydroxyl groups excluding tert-OH is 2. The summed E-state index contributed by atoms with van der Waals surface area (Å²) in [5.41, 5.74) is 0.218. The number of hydrogen-bond donors (Lipinski definition) is 4. The molecule has 0 radical (unpaired) electrons. The standard InChI is InChI=1S/C10H10ClNO5/c11-5-3-1-2-4-6(5)12-9(15)7(13)8(14)10(16)17/h1-4,7-8,13-14H,(H,12,15)(H,16,17)/t7-,8+/m1/s1. The molecular weight excluding hydrogens is 250 g/mol. The summed E-state index contributed by atoms with van der Waals surface area (Å²) in [4.78, 5) is 21.7. The van der Waals surface area contributed by atoms with Crippen molar-refractivity contribution in [3.63, 3.8) is 0 Å². The molecule has 0 saturated heterocycles. The predicted molar refractivity (Wildman–Crippen MR) is 59.7 cm³/mol. The Hall–Kier alpha value is -1.63. The Labute approximate surface area is 101 Å². The second kappa shape index (κ2) is 5.62. The highest BCUT2D eigenvalue weighted by molar-refractivity contribution is 6.33. The van der Waals surface area contributed by atoms with Crippen LogP contribution in [0.4, 0.5) is 5.69 Å². The second-order valence-electron chi connectivity index (χ2n) is 3.20. The average Bonchev–Trinajstić information content (AvgIpc) is 2.30. The van der Waals surface area contributed by atoms with Crippen LogP contribution in [0.15, 0.2) is 24.3 Å². The van der Waals surface area contributed by atoms with Crippen LogP contribution in [0, 0.1) is 0 Å². The first kappa shape index (κ1) is 13.4. The van der Waals surface area contributed by atoms with Crippen LogP contribution in [0.3, 0.4) is 0 Å². The van der Waals surface area contributed by atoms with E-state index in [1.165, 1.54) is 12.1 Å². The van der Waals surface area contributed by atoms with Crippen molar-refractivity contribution in [2.24, 2.45) is 0 Å². The van der Waals surface area contributed by atoms with Crippen LogP contribution in [-0.4, -0.2) is 39.4 Å². The van der Waals surface area contributed by atoms with E-state index in [1.807, 2.05) is 0 Å². The van der Waals surface area contributed by atoms with E-state index in [0.29, 0.717) is 0 Å². The molecule has 1 aromatic rings. The van der Waals surface area contributed by atoms with Gasteiger partial charge in [-0.1, -0.05) is 23.7 Å². The molecule has 0 bridgehead atoms. The fourth-order valence-corrected chi connectivity index (χ4v) is 1.23. The molecule has 2 atom stereocenters. The van der Waals surface area contributed by atoms with Crippen LogP contribution in [0.2, 0.25) is 5.02 Å². The normalized spacial score (nSPS) is 13.8. The van der Waals surface area contributed by atoms with E-state index in [9.17, 15) is 14.7 Å². The van der Waals surface area contributed by atoms with Crippen LogP contribution < -0.4 is 5.32 Å². The van der Waals surface area contributed by atoms with Crippen molar-refractivity contribution in [2.75, 3.05) is 5.32 Å². The number of carboxylic acid groups (broad SMARTS) is 1. The van der Waals surface area contributed by atoms with Crippen molar-refractivity contribution in [3.05, 3.63) is 29.3 Å². The molecule has 0 saturated carbocycles. The number of aliphatic carboxylic acids is 1. The topological polar surface area (TPSA) is 107 Å².